The van der Waals surface area contributed by atoms with Gasteiger partial charge in [0, 0.05) is 13.0 Å². The number of hydrogen-bond acceptors (Lipinski definition) is 4. The average molecular weight is 221 g/mol. The standard InChI is InChI=1S/C11H19N5/c12-6-5-10-14-11-13-7-8-3-1-2-4-9(8)16(11)15-10/h8-9H,1-7,12H2,(H,13,14,15). The summed E-state index contributed by atoms with van der Waals surface area (Å²) in [5, 5.41) is 7.98. The summed E-state index contributed by atoms with van der Waals surface area (Å²) in [7, 11) is 0. The van der Waals surface area contributed by atoms with E-state index in [0.717, 1.165) is 30.7 Å². The summed E-state index contributed by atoms with van der Waals surface area (Å²) in [6.07, 6.45) is 6.04. The molecule has 3 N–H and O–H groups in total. The Bertz CT molecular complexity index is 372. The summed E-state index contributed by atoms with van der Waals surface area (Å²) >= 11 is 0. The molecule has 0 radical (unpaired) electrons. The smallest absolute Gasteiger partial charge is 0.221 e. The van der Waals surface area contributed by atoms with E-state index in [4.69, 9.17) is 5.73 Å². The van der Waals surface area contributed by atoms with Crippen LogP contribution in [-0.2, 0) is 6.42 Å². The Kier molecular flexibility index (Phi) is 2.55. The van der Waals surface area contributed by atoms with Crippen molar-refractivity contribution in [2.75, 3.05) is 18.4 Å². The third kappa shape index (κ3) is 1.59. The van der Waals surface area contributed by atoms with E-state index in [2.05, 4.69) is 20.1 Å². The summed E-state index contributed by atoms with van der Waals surface area (Å²) in [5.41, 5.74) is 5.54. The van der Waals surface area contributed by atoms with Crippen LogP contribution in [0.15, 0.2) is 0 Å². The van der Waals surface area contributed by atoms with Crippen molar-refractivity contribution >= 4 is 5.95 Å². The highest BCUT2D eigenvalue weighted by Crippen LogP contribution is 2.37. The van der Waals surface area contributed by atoms with Crippen molar-refractivity contribution in [2.24, 2.45) is 11.7 Å². The van der Waals surface area contributed by atoms with Crippen molar-refractivity contribution in [2.45, 2.75) is 38.1 Å². The average Bonchev–Trinajstić information content (AvgIpc) is 2.72. The molecule has 2 heterocycles. The van der Waals surface area contributed by atoms with Crippen molar-refractivity contribution in [3.8, 4) is 0 Å². The maximum atomic E-state index is 5.54. The molecule has 0 bridgehead atoms. The molecule has 0 saturated heterocycles. The Balaban J connectivity index is 1.88. The molecule has 2 aliphatic rings. The second-order valence-electron chi connectivity index (χ2n) is 4.83. The second kappa shape index (κ2) is 4.05. The highest BCUT2D eigenvalue weighted by molar-refractivity contribution is 5.29. The molecule has 1 aliphatic carbocycles. The Morgan fingerprint density at radius 3 is 3.12 bits per heavy atom. The molecule has 16 heavy (non-hydrogen) atoms. The first-order chi connectivity index (χ1) is 7.88. The van der Waals surface area contributed by atoms with Crippen LogP contribution in [0, 0.1) is 5.92 Å². The van der Waals surface area contributed by atoms with Crippen LogP contribution in [0.5, 0.6) is 0 Å². The van der Waals surface area contributed by atoms with E-state index in [0.29, 0.717) is 12.6 Å². The largest absolute Gasteiger partial charge is 0.354 e. The van der Waals surface area contributed by atoms with Gasteiger partial charge in [0.15, 0.2) is 5.82 Å². The predicted molar refractivity (Wildman–Crippen MR) is 62.3 cm³/mol. The van der Waals surface area contributed by atoms with Gasteiger partial charge in [-0.25, -0.2) is 4.68 Å². The molecule has 0 amide bonds. The molecular formula is C11H19N5. The molecule has 1 aromatic heterocycles. The molecular weight excluding hydrogens is 202 g/mol. The van der Waals surface area contributed by atoms with Gasteiger partial charge in [0.05, 0.1) is 6.04 Å². The van der Waals surface area contributed by atoms with Crippen LogP contribution in [-0.4, -0.2) is 27.9 Å². The fourth-order valence-electron chi connectivity index (χ4n) is 2.92. The Morgan fingerprint density at radius 2 is 2.25 bits per heavy atom. The number of anilines is 1. The lowest BCUT2D eigenvalue weighted by atomic mass is 9.84. The maximum absolute atomic E-state index is 5.54. The zero-order valence-electron chi connectivity index (χ0n) is 9.52. The van der Waals surface area contributed by atoms with E-state index in [1.54, 1.807) is 0 Å². The second-order valence-corrected chi connectivity index (χ2v) is 4.83. The highest BCUT2D eigenvalue weighted by Gasteiger charge is 2.33. The minimum absolute atomic E-state index is 0.573. The predicted octanol–water partition coefficient (Wildman–Crippen LogP) is 0.936. The molecule has 88 valence electrons. The van der Waals surface area contributed by atoms with Gasteiger partial charge < -0.3 is 11.1 Å². The van der Waals surface area contributed by atoms with Crippen LogP contribution in [0.2, 0.25) is 0 Å². The molecule has 3 rings (SSSR count). The Morgan fingerprint density at radius 1 is 1.38 bits per heavy atom. The lowest BCUT2D eigenvalue weighted by molar-refractivity contribution is 0.221. The van der Waals surface area contributed by atoms with E-state index in [-0.39, 0.29) is 0 Å². The first-order valence-corrected chi connectivity index (χ1v) is 6.28. The maximum Gasteiger partial charge on any atom is 0.221 e. The monoisotopic (exact) mass is 221 g/mol. The quantitative estimate of drug-likeness (QED) is 0.779. The molecule has 1 aromatic rings. The van der Waals surface area contributed by atoms with Gasteiger partial charge in [-0.1, -0.05) is 12.8 Å². The third-order valence-corrected chi connectivity index (χ3v) is 3.75. The van der Waals surface area contributed by atoms with E-state index < -0.39 is 0 Å². The van der Waals surface area contributed by atoms with E-state index in [9.17, 15) is 0 Å². The van der Waals surface area contributed by atoms with Crippen LogP contribution in [0.4, 0.5) is 5.95 Å². The fourth-order valence-corrected chi connectivity index (χ4v) is 2.92. The van der Waals surface area contributed by atoms with Crippen molar-refractivity contribution in [1.29, 1.82) is 0 Å². The Hall–Kier alpha value is -1.10. The summed E-state index contributed by atoms with van der Waals surface area (Å²) in [5.74, 6) is 2.58. The molecule has 1 aliphatic heterocycles. The lowest BCUT2D eigenvalue weighted by Gasteiger charge is -2.36. The van der Waals surface area contributed by atoms with Gasteiger partial charge >= 0.3 is 0 Å². The number of fused-ring (bicyclic) bond motifs is 3. The minimum Gasteiger partial charge on any atom is -0.354 e. The van der Waals surface area contributed by atoms with E-state index in [1.807, 2.05) is 0 Å². The van der Waals surface area contributed by atoms with Gasteiger partial charge in [-0.2, -0.15) is 10.1 Å². The van der Waals surface area contributed by atoms with Crippen LogP contribution in [0.25, 0.3) is 0 Å². The topological polar surface area (TPSA) is 68.8 Å². The zero-order valence-corrected chi connectivity index (χ0v) is 9.52. The Labute approximate surface area is 95.4 Å². The van der Waals surface area contributed by atoms with Crippen LogP contribution in [0.3, 0.4) is 0 Å². The zero-order chi connectivity index (χ0) is 11.0. The summed E-state index contributed by atoms with van der Waals surface area (Å²) in [6, 6.07) is 0.573. The van der Waals surface area contributed by atoms with Crippen LogP contribution in [0.1, 0.15) is 37.5 Å². The number of rotatable bonds is 2. The van der Waals surface area contributed by atoms with Crippen LogP contribution < -0.4 is 11.1 Å². The highest BCUT2D eigenvalue weighted by atomic mass is 15.4. The molecule has 5 heteroatoms. The first-order valence-electron chi connectivity index (χ1n) is 6.28. The van der Waals surface area contributed by atoms with E-state index >= 15 is 0 Å². The van der Waals surface area contributed by atoms with Crippen molar-refractivity contribution in [3.05, 3.63) is 5.82 Å². The molecule has 2 atom stereocenters. The number of hydrogen-bond donors (Lipinski definition) is 2. The third-order valence-electron chi connectivity index (χ3n) is 3.75. The molecule has 1 fully saturated rings. The number of nitrogens with two attached hydrogens (primary N) is 1. The number of nitrogens with one attached hydrogen (secondary N) is 1. The summed E-state index contributed by atoms with van der Waals surface area (Å²) < 4.78 is 2.11. The van der Waals surface area contributed by atoms with Crippen LogP contribution >= 0.6 is 0 Å². The number of nitrogens with zero attached hydrogens (tertiary/aromatic N) is 3. The van der Waals surface area contributed by atoms with Gasteiger partial charge in [-0.05, 0) is 25.3 Å². The van der Waals surface area contributed by atoms with Gasteiger partial charge in [-0.15, -0.1) is 0 Å². The SMILES string of the molecule is NCCc1nc2n(n1)C1CCCCC1CN2. The van der Waals surface area contributed by atoms with Crippen molar-refractivity contribution in [3.63, 3.8) is 0 Å². The lowest BCUT2D eigenvalue weighted by Crippen LogP contribution is -2.35. The van der Waals surface area contributed by atoms with Gasteiger partial charge in [0.2, 0.25) is 5.95 Å². The molecule has 5 nitrogen and oxygen atoms in total. The van der Waals surface area contributed by atoms with Crippen molar-refractivity contribution < 1.29 is 0 Å². The molecule has 2 unspecified atom stereocenters. The fraction of sp³-hybridized carbons (Fsp3) is 0.818. The summed E-state index contributed by atoms with van der Waals surface area (Å²) in [6.45, 7) is 1.68. The summed E-state index contributed by atoms with van der Waals surface area (Å²) in [4.78, 5) is 4.49. The van der Waals surface area contributed by atoms with E-state index in [1.165, 1.54) is 25.7 Å². The molecule has 1 saturated carbocycles. The first kappa shape index (κ1) is 10.1. The van der Waals surface area contributed by atoms with Gasteiger partial charge in [0.25, 0.3) is 0 Å². The minimum atomic E-state index is 0.573. The number of aromatic nitrogens is 3. The van der Waals surface area contributed by atoms with Gasteiger partial charge in [-0.3, -0.25) is 0 Å². The molecule has 0 spiro atoms. The van der Waals surface area contributed by atoms with Crippen molar-refractivity contribution in [1.82, 2.24) is 14.8 Å². The van der Waals surface area contributed by atoms with Gasteiger partial charge in [0.1, 0.15) is 0 Å². The molecule has 0 aromatic carbocycles. The normalized spacial score (nSPS) is 28.1.